The maximum Gasteiger partial charge on any atom is 0.108 e. The van der Waals surface area contributed by atoms with Crippen LogP contribution >= 0.6 is 15.9 Å². The number of fused-ring (bicyclic) bond motifs is 1. The van der Waals surface area contributed by atoms with E-state index in [2.05, 4.69) is 30.9 Å². The molecule has 2 rings (SSSR count). The van der Waals surface area contributed by atoms with Crippen molar-refractivity contribution in [2.75, 3.05) is 0 Å². The van der Waals surface area contributed by atoms with E-state index in [1.165, 1.54) is 0 Å². The molecule has 0 atom stereocenters. The Morgan fingerprint density at radius 3 is 2.38 bits per heavy atom. The molecule has 0 aromatic carbocycles. The van der Waals surface area contributed by atoms with Gasteiger partial charge >= 0.3 is 0 Å². The molecule has 2 aromatic rings. The fraction of sp³-hybridized carbons (Fsp3) is 0.222. The van der Waals surface area contributed by atoms with Crippen molar-refractivity contribution in [1.29, 1.82) is 0 Å². The van der Waals surface area contributed by atoms with Crippen molar-refractivity contribution in [2.45, 2.75) is 13.8 Å². The Bertz CT molecular complexity index is 468. The predicted molar refractivity (Wildman–Crippen MR) is 54.5 cm³/mol. The zero-order chi connectivity index (χ0) is 9.42. The number of halogens is 1. The Kier molecular flexibility index (Phi) is 2.00. The number of hydrogen-bond donors (Lipinski definition) is 0. The molecule has 2 heterocycles. The summed E-state index contributed by atoms with van der Waals surface area (Å²) in [6.07, 6.45) is 1.72. The molecule has 13 heavy (non-hydrogen) atoms. The van der Waals surface area contributed by atoms with E-state index in [-0.39, 0.29) is 0 Å². The highest BCUT2D eigenvalue weighted by molar-refractivity contribution is 9.10. The molecule has 0 saturated carbocycles. The second-order valence-corrected chi connectivity index (χ2v) is 3.70. The lowest BCUT2D eigenvalue weighted by atomic mass is 10.3. The minimum absolute atomic E-state index is 0.789. The van der Waals surface area contributed by atoms with Crippen LogP contribution in [0.2, 0.25) is 0 Å². The normalized spacial score (nSPS) is 10.7. The van der Waals surface area contributed by atoms with E-state index < -0.39 is 0 Å². The number of pyridine rings is 1. The minimum Gasteiger partial charge on any atom is -0.249 e. The molecule has 0 spiro atoms. The lowest BCUT2D eigenvalue weighted by molar-refractivity contribution is 1.09. The van der Waals surface area contributed by atoms with E-state index in [9.17, 15) is 0 Å². The minimum atomic E-state index is 0.789. The van der Waals surface area contributed by atoms with Gasteiger partial charge in [-0.3, -0.25) is 0 Å². The molecule has 0 radical (unpaired) electrons. The molecule has 4 heteroatoms. The highest BCUT2D eigenvalue weighted by atomic mass is 79.9. The molecule has 0 fully saturated rings. The zero-order valence-electron chi connectivity index (χ0n) is 7.37. The number of aromatic nitrogens is 3. The molecular weight excluding hydrogens is 230 g/mol. The first-order chi connectivity index (χ1) is 6.16. The predicted octanol–water partition coefficient (Wildman–Crippen LogP) is 2.40. The van der Waals surface area contributed by atoms with E-state index in [0.717, 1.165) is 27.0 Å². The third-order valence-corrected chi connectivity index (χ3v) is 2.36. The van der Waals surface area contributed by atoms with Crippen molar-refractivity contribution in [2.24, 2.45) is 0 Å². The Morgan fingerprint density at radius 1 is 1.08 bits per heavy atom. The smallest absolute Gasteiger partial charge is 0.108 e. The van der Waals surface area contributed by atoms with Crippen LogP contribution in [-0.2, 0) is 0 Å². The second kappa shape index (κ2) is 3.03. The molecule has 0 N–H and O–H groups in total. The highest BCUT2D eigenvalue weighted by Gasteiger charge is 2.01. The highest BCUT2D eigenvalue weighted by Crippen LogP contribution is 2.14. The summed E-state index contributed by atoms with van der Waals surface area (Å²) in [6, 6.07) is 1.87. The Balaban J connectivity index is 2.81. The van der Waals surface area contributed by atoms with Gasteiger partial charge in [-0.25, -0.2) is 15.0 Å². The topological polar surface area (TPSA) is 38.7 Å². The Labute approximate surface area is 84.4 Å². The van der Waals surface area contributed by atoms with Crippen molar-refractivity contribution in [3.8, 4) is 0 Å². The first-order valence-electron chi connectivity index (χ1n) is 3.93. The van der Waals surface area contributed by atoms with Crippen LogP contribution in [0.1, 0.15) is 11.4 Å². The summed E-state index contributed by atoms with van der Waals surface area (Å²) in [5.41, 5.74) is 3.64. The molecule has 0 aliphatic rings. The lowest BCUT2D eigenvalue weighted by Gasteiger charge is -2.01. The molecule has 0 saturated heterocycles. The summed E-state index contributed by atoms with van der Waals surface area (Å²) < 4.78 is 0.789. The summed E-state index contributed by atoms with van der Waals surface area (Å²) >= 11 is 3.30. The third kappa shape index (κ3) is 1.54. The monoisotopic (exact) mass is 237 g/mol. The van der Waals surface area contributed by atoms with Crippen molar-refractivity contribution in [3.05, 3.63) is 28.3 Å². The maximum atomic E-state index is 4.40. The van der Waals surface area contributed by atoms with Crippen molar-refractivity contribution in [1.82, 2.24) is 15.0 Å². The van der Waals surface area contributed by atoms with Gasteiger partial charge in [0.2, 0.25) is 0 Å². The van der Waals surface area contributed by atoms with Crippen LogP contribution in [0.4, 0.5) is 0 Å². The van der Waals surface area contributed by atoms with Gasteiger partial charge in [-0.05, 0) is 35.8 Å². The van der Waals surface area contributed by atoms with E-state index in [4.69, 9.17) is 0 Å². The van der Waals surface area contributed by atoms with Crippen molar-refractivity contribution >= 4 is 27.0 Å². The van der Waals surface area contributed by atoms with Gasteiger partial charge in [0, 0.05) is 0 Å². The molecular formula is C9H8BrN3. The van der Waals surface area contributed by atoms with Gasteiger partial charge in [-0.2, -0.15) is 0 Å². The quantitative estimate of drug-likeness (QED) is 0.661. The number of nitrogens with zero attached hydrogens (tertiary/aromatic N) is 3. The van der Waals surface area contributed by atoms with Crippen LogP contribution in [-0.4, -0.2) is 15.0 Å². The van der Waals surface area contributed by atoms with Gasteiger partial charge in [-0.1, -0.05) is 0 Å². The van der Waals surface area contributed by atoms with Crippen molar-refractivity contribution in [3.63, 3.8) is 0 Å². The van der Waals surface area contributed by atoms with Crippen LogP contribution in [0.25, 0.3) is 11.0 Å². The van der Waals surface area contributed by atoms with Crippen LogP contribution in [0.15, 0.2) is 16.9 Å². The summed E-state index contributed by atoms with van der Waals surface area (Å²) in [5.74, 6) is 0. The summed E-state index contributed by atoms with van der Waals surface area (Å²) in [4.78, 5) is 12.9. The van der Waals surface area contributed by atoms with Gasteiger partial charge in [0.1, 0.15) is 10.1 Å². The largest absolute Gasteiger partial charge is 0.249 e. The maximum absolute atomic E-state index is 4.40. The summed E-state index contributed by atoms with van der Waals surface area (Å²) in [7, 11) is 0. The van der Waals surface area contributed by atoms with E-state index in [1.807, 2.05) is 19.9 Å². The van der Waals surface area contributed by atoms with Gasteiger partial charge in [0.15, 0.2) is 0 Å². The number of rotatable bonds is 0. The molecule has 0 aliphatic heterocycles. The average molecular weight is 238 g/mol. The first-order valence-corrected chi connectivity index (χ1v) is 4.72. The van der Waals surface area contributed by atoms with E-state index in [0.29, 0.717) is 0 Å². The SMILES string of the molecule is Cc1nc2cnc(Br)cc2nc1C. The zero-order valence-corrected chi connectivity index (χ0v) is 8.96. The van der Waals surface area contributed by atoms with Crippen molar-refractivity contribution < 1.29 is 0 Å². The fourth-order valence-corrected chi connectivity index (χ4v) is 1.43. The second-order valence-electron chi connectivity index (χ2n) is 2.89. The number of aryl methyl sites for hydroxylation is 2. The van der Waals surface area contributed by atoms with Crippen LogP contribution in [0.5, 0.6) is 0 Å². The Morgan fingerprint density at radius 2 is 1.69 bits per heavy atom. The molecule has 0 amide bonds. The fourth-order valence-electron chi connectivity index (χ4n) is 1.11. The first kappa shape index (κ1) is 8.56. The summed E-state index contributed by atoms with van der Waals surface area (Å²) in [5, 5.41) is 0. The van der Waals surface area contributed by atoms with Gasteiger partial charge < -0.3 is 0 Å². The molecule has 2 aromatic heterocycles. The average Bonchev–Trinajstić information content (AvgIpc) is 2.08. The lowest BCUT2D eigenvalue weighted by Crippen LogP contribution is -1.93. The Hall–Kier alpha value is -1.03. The molecule has 0 bridgehead atoms. The summed E-state index contributed by atoms with van der Waals surface area (Å²) in [6.45, 7) is 3.90. The van der Waals surface area contributed by atoms with Gasteiger partial charge in [0.25, 0.3) is 0 Å². The third-order valence-electron chi connectivity index (χ3n) is 1.93. The molecule has 0 unspecified atom stereocenters. The van der Waals surface area contributed by atoms with Gasteiger partial charge in [-0.15, -0.1) is 0 Å². The van der Waals surface area contributed by atoms with Crippen LogP contribution < -0.4 is 0 Å². The number of hydrogen-bond acceptors (Lipinski definition) is 3. The van der Waals surface area contributed by atoms with Crippen LogP contribution in [0.3, 0.4) is 0 Å². The van der Waals surface area contributed by atoms with Crippen LogP contribution in [0, 0.1) is 13.8 Å². The molecule has 66 valence electrons. The molecule has 0 aliphatic carbocycles. The van der Waals surface area contributed by atoms with Gasteiger partial charge in [0.05, 0.1) is 23.1 Å². The standard InChI is InChI=1S/C9H8BrN3/c1-5-6(2)13-8-4-11-9(10)3-7(8)12-5/h3-4H,1-2H3. The van der Waals surface area contributed by atoms with E-state index in [1.54, 1.807) is 6.20 Å². The molecule has 3 nitrogen and oxygen atoms in total. The van der Waals surface area contributed by atoms with E-state index >= 15 is 0 Å².